The Hall–Kier alpha value is -3.78. The normalized spacial score (nSPS) is 17.1. The Balaban J connectivity index is 1.83. The topological polar surface area (TPSA) is 85.3 Å². The van der Waals surface area contributed by atoms with Gasteiger partial charge in [-0.1, -0.05) is 13.8 Å². The summed E-state index contributed by atoms with van der Waals surface area (Å²) in [4.78, 5) is 28.9. The van der Waals surface area contributed by atoms with Gasteiger partial charge in [0.05, 0.1) is 26.4 Å². The van der Waals surface area contributed by atoms with E-state index in [-0.39, 0.29) is 11.3 Å². The third kappa shape index (κ3) is 4.68. The Morgan fingerprint density at radius 3 is 2.31 bits per heavy atom. The van der Waals surface area contributed by atoms with Crippen LogP contribution in [0, 0.1) is 12.8 Å². The van der Waals surface area contributed by atoms with E-state index in [0.29, 0.717) is 41.0 Å². The molecule has 7 nitrogen and oxygen atoms in total. The molecule has 0 saturated carbocycles. The molecule has 0 spiro atoms. The molecule has 0 bridgehead atoms. The predicted molar refractivity (Wildman–Crippen MR) is 140 cm³/mol. The molecule has 1 unspecified atom stereocenters. The van der Waals surface area contributed by atoms with Crippen LogP contribution < -0.4 is 19.1 Å². The summed E-state index contributed by atoms with van der Waals surface area (Å²) >= 11 is 1.43. The highest BCUT2D eigenvalue weighted by Gasteiger charge is 2.48. The van der Waals surface area contributed by atoms with E-state index in [1.807, 2.05) is 18.4 Å². The molecule has 1 fully saturated rings. The van der Waals surface area contributed by atoms with Crippen molar-refractivity contribution in [3.63, 3.8) is 0 Å². The summed E-state index contributed by atoms with van der Waals surface area (Å²) in [6.45, 7) is 6.61. The van der Waals surface area contributed by atoms with Crippen molar-refractivity contribution in [2.24, 2.45) is 5.92 Å². The molecule has 1 aliphatic rings. The fourth-order valence-electron chi connectivity index (χ4n) is 4.11. The molecule has 1 N–H and O–H groups in total. The summed E-state index contributed by atoms with van der Waals surface area (Å²) in [5.74, 6) is 0.261. The average Bonchev–Trinajstić information content (AvgIpc) is 3.42. The number of aliphatic hydroxyl groups is 1. The van der Waals surface area contributed by atoms with Crippen LogP contribution in [0.3, 0.4) is 0 Å². The Labute approximate surface area is 214 Å². The van der Waals surface area contributed by atoms with Crippen molar-refractivity contribution in [3.05, 3.63) is 75.5 Å². The lowest BCUT2D eigenvalue weighted by Gasteiger charge is -2.25. The number of amides is 1. The minimum atomic E-state index is -0.792. The molecular formula is C28H29NO6S. The number of anilines is 1. The van der Waals surface area contributed by atoms with Crippen LogP contribution in [-0.2, 0) is 9.59 Å². The number of aliphatic hydroxyl groups excluding tert-OH is 1. The van der Waals surface area contributed by atoms with Gasteiger partial charge in [0, 0.05) is 22.2 Å². The van der Waals surface area contributed by atoms with E-state index in [0.717, 1.165) is 10.4 Å². The molecule has 2 aromatic carbocycles. The van der Waals surface area contributed by atoms with Crippen molar-refractivity contribution in [1.82, 2.24) is 0 Å². The highest BCUT2D eigenvalue weighted by molar-refractivity contribution is 7.10. The lowest BCUT2D eigenvalue weighted by Crippen LogP contribution is -2.29. The Bertz CT molecular complexity index is 1310. The number of methoxy groups -OCH3 is 2. The minimum Gasteiger partial charge on any atom is -0.507 e. The van der Waals surface area contributed by atoms with Crippen LogP contribution >= 0.6 is 11.3 Å². The van der Waals surface area contributed by atoms with Crippen LogP contribution in [0.4, 0.5) is 5.69 Å². The molecular weight excluding hydrogens is 478 g/mol. The quantitative estimate of drug-likeness (QED) is 0.238. The van der Waals surface area contributed by atoms with Crippen molar-refractivity contribution >= 4 is 34.5 Å². The number of ether oxygens (including phenoxy) is 3. The number of nitrogens with zero attached hydrogens (tertiary/aromatic N) is 1. The number of benzene rings is 2. The first-order valence-electron chi connectivity index (χ1n) is 11.6. The van der Waals surface area contributed by atoms with Crippen molar-refractivity contribution in [3.8, 4) is 17.2 Å². The summed E-state index contributed by atoms with van der Waals surface area (Å²) < 4.78 is 16.5. The predicted octanol–water partition coefficient (Wildman–Crippen LogP) is 5.73. The van der Waals surface area contributed by atoms with E-state index in [9.17, 15) is 14.7 Å². The first-order chi connectivity index (χ1) is 17.3. The largest absolute Gasteiger partial charge is 0.507 e. The Kier molecular flexibility index (Phi) is 7.35. The molecule has 0 radical (unpaired) electrons. The third-order valence-corrected chi connectivity index (χ3v) is 7.02. The maximum Gasteiger partial charge on any atom is 0.300 e. The third-order valence-electron chi connectivity index (χ3n) is 5.95. The van der Waals surface area contributed by atoms with Crippen molar-refractivity contribution in [2.75, 3.05) is 25.7 Å². The van der Waals surface area contributed by atoms with Crippen LogP contribution in [0.15, 0.2) is 59.5 Å². The van der Waals surface area contributed by atoms with Crippen LogP contribution in [-0.4, -0.2) is 37.6 Å². The van der Waals surface area contributed by atoms with Gasteiger partial charge in [-0.15, -0.1) is 11.3 Å². The molecule has 2 heterocycles. The molecule has 8 heteroatoms. The van der Waals surface area contributed by atoms with Gasteiger partial charge in [0.15, 0.2) is 11.5 Å². The molecule has 36 heavy (non-hydrogen) atoms. The zero-order valence-corrected chi connectivity index (χ0v) is 21.7. The molecule has 3 aromatic rings. The van der Waals surface area contributed by atoms with Gasteiger partial charge in [-0.2, -0.15) is 0 Å². The van der Waals surface area contributed by atoms with Gasteiger partial charge in [0.1, 0.15) is 17.6 Å². The van der Waals surface area contributed by atoms with E-state index >= 15 is 0 Å². The first kappa shape index (κ1) is 25.3. The monoisotopic (exact) mass is 507 g/mol. The van der Waals surface area contributed by atoms with E-state index in [2.05, 4.69) is 13.8 Å². The van der Waals surface area contributed by atoms with Crippen LogP contribution in [0.25, 0.3) is 5.76 Å². The van der Waals surface area contributed by atoms with Crippen molar-refractivity contribution in [2.45, 2.75) is 26.8 Å². The number of rotatable bonds is 8. The highest BCUT2D eigenvalue weighted by atomic mass is 32.1. The second kappa shape index (κ2) is 10.5. The molecule has 1 saturated heterocycles. The molecule has 188 valence electrons. The maximum atomic E-state index is 13.4. The number of ketones is 1. The second-order valence-electron chi connectivity index (χ2n) is 8.91. The van der Waals surface area contributed by atoms with E-state index in [1.165, 1.54) is 30.5 Å². The lowest BCUT2D eigenvalue weighted by molar-refractivity contribution is -0.132. The number of hydrogen-bond donors (Lipinski definition) is 1. The van der Waals surface area contributed by atoms with Crippen LogP contribution in [0.5, 0.6) is 17.2 Å². The van der Waals surface area contributed by atoms with Crippen LogP contribution in [0.1, 0.15) is 35.9 Å². The SMILES string of the molecule is COc1ccc(N2C(=O)C(=O)/C(=C(\O)c3ccc(OCC(C)C)cc3)C2c2sccc2C)cc1OC. The molecule has 1 amide bonds. The minimum absolute atomic E-state index is 0.0381. The zero-order valence-electron chi connectivity index (χ0n) is 20.9. The van der Waals surface area contributed by atoms with Gasteiger partial charge in [0.25, 0.3) is 11.7 Å². The average molecular weight is 508 g/mol. The van der Waals surface area contributed by atoms with E-state index < -0.39 is 17.7 Å². The summed E-state index contributed by atoms with van der Waals surface area (Å²) in [6, 6.07) is 13.0. The summed E-state index contributed by atoms with van der Waals surface area (Å²) in [7, 11) is 3.03. The van der Waals surface area contributed by atoms with E-state index in [1.54, 1.807) is 42.5 Å². The summed E-state index contributed by atoms with van der Waals surface area (Å²) in [5, 5.41) is 13.2. The summed E-state index contributed by atoms with van der Waals surface area (Å²) in [5.41, 5.74) is 1.84. The van der Waals surface area contributed by atoms with Gasteiger partial charge in [-0.3, -0.25) is 14.5 Å². The molecule has 1 aliphatic heterocycles. The maximum absolute atomic E-state index is 13.4. The fraction of sp³-hybridized carbons (Fsp3) is 0.286. The molecule has 4 rings (SSSR count). The number of carbonyl (C=O) groups is 2. The zero-order chi connectivity index (χ0) is 26.0. The highest BCUT2D eigenvalue weighted by Crippen LogP contribution is 2.46. The van der Waals surface area contributed by atoms with Gasteiger partial charge >= 0.3 is 0 Å². The lowest BCUT2D eigenvalue weighted by atomic mass is 9.98. The molecule has 1 atom stereocenters. The smallest absolute Gasteiger partial charge is 0.300 e. The Morgan fingerprint density at radius 2 is 1.72 bits per heavy atom. The van der Waals surface area contributed by atoms with E-state index in [4.69, 9.17) is 14.2 Å². The number of thiophene rings is 1. The number of carbonyl (C=O) groups excluding carboxylic acids is 2. The van der Waals surface area contributed by atoms with Gasteiger partial charge in [0.2, 0.25) is 0 Å². The van der Waals surface area contributed by atoms with Gasteiger partial charge in [-0.25, -0.2) is 0 Å². The van der Waals surface area contributed by atoms with Crippen molar-refractivity contribution < 1.29 is 28.9 Å². The van der Waals surface area contributed by atoms with Crippen LogP contribution in [0.2, 0.25) is 0 Å². The molecule has 0 aliphatic carbocycles. The summed E-state index contributed by atoms with van der Waals surface area (Å²) in [6.07, 6.45) is 0. The standard InChI is InChI=1S/C28H29NO6S/c1-16(2)15-35-20-9-6-18(7-10-20)25(30)23-24(27-17(3)12-13-36-27)29(28(32)26(23)31)19-8-11-21(33-4)22(14-19)34-5/h6-14,16,24,30H,15H2,1-5H3/b25-23-. The van der Waals surface area contributed by atoms with Crippen molar-refractivity contribution in [1.29, 1.82) is 0 Å². The second-order valence-corrected chi connectivity index (χ2v) is 9.85. The van der Waals surface area contributed by atoms with Gasteiger partial charge < -0.3 is 19.3 Å². The fourth-order valence-corrected chi connectivity index (χ4v) is 5.14. The number of Topliss-reactive ketones (excluding diaryl/α,β-unsaturated/α-hetero) is 1. The Morgan fingerprint density at radius 1 is 1.03 bits per heavy atom. The first-order valence-corrected chi connectivity index (χ1v) is 12.4. The number of aryl methyl sites for hydroxylation is 1. The molecule has 1 aromatic heterocycles. The van der Waals surface area contributed by atoms with Gasteiger partial charge in [-0.05, 0) is 66.2 Å². The number of hydrogen-bond acceptors (Lipinski definition) is 7.